The van der Waals surface area contributed by atoms with Crippen molar-refractivity contribution in [3.05, 3.63) is 12.2 Å². The highest BCUT2D eigenvalue weighted by molar-refractivity contribution is 5.68. The first-order valence-electron chi connectivity index (χ1n) is 5.28. The minimum Gasteiger partial charge on any atom is -0.444 e. The quantitative estimate of drug-likeness (QED) is 0.619. The molecule has 0 radical (unpaired) electrons. The highest BCUT2D eigenvalue weighted by Gasteiger charge is 2.23. The SMILES string of the molecule is CC(C)(C)OC(=O)N1CCC=C[C@H](N)C1. The molecule has 0 aromatic heterocycles. The fourth-order valence-corrected chi connectivity index (χ4v) is 1.40. The van der Waals surface area contributed by atoms with Crippen molar-refractivity contribution in [2.45, 2.75) is 38.8 Å². The van der Waals surface area contributed by atoms with Gasteiger partial charge in [-0.05, 0) is 27.2 Å². The molecule has 1 amide bonds. The van der Waals surface area contributed by atoms with Crippen LogP contribution in [0, 0.1) is 0 Å². The summed E-state index contributed by atoms with van der Waals surface area (Å²) < 4.78 is 5.28. The first kappa shape index (κ1) is 12.0. The Kier molecular flexibility index (Phi) is 3.74. The van der Waals surface area contributed by atoms with Crippen LogP contribution in [0.15, 0.2) is 12.2 Å². The summed E-state index contributed by atoms with van der Waals surface area (Å²) in [6.07, 6.45) is 4.51. The zero-order valence-corrected chi connectivity index (χ0v) is 9.69. The van der Waals surface area contributed by atoms with E-state index in [1.807, 2.05) is 32.9 Å². The smallest absolute Gasteiger partial charge is 0.410 e. The van der Waals surface area contributed by atoms with Gasteiger partial charge in [0, 0.05) is 19.1 Å². The largest absolute Gasteiger partial charge is 0.444 e. The lowest BCUT2D eigenvalue weighted by atomic mass is 10.2. The number of nitrogens with two attached hydrogens (primary N) is 1. The van der Waals surface area contributed by atoms with Gasteiger partial charge in [0.15, 0.2) is 0 Å². The van der Waals surface area contributed by atoms with Crippen molar-refractivity contribution in [1.29, 1.82) is 0 Å². The molecule has 0 aromatic carbocycles. The van der Waals surface area contributed by atoms with Crippen LogP contribution in [0.5, 0.6) is 0 Å². The van der Waals surface area contributed by atoms with Gasteiger partial charge >= 0.3 is 6.09 Å². The molecule has 1 rings (SSSR count). The van der Waals surface area contributed by atoms with Crippen LogP contribution in [-0.2, 0) is 4.74 Å². The molecule has 0 spiro atoms. The summed E-state index contributed by atoms with van der Waals surface area (Å²) in [5.74, 6) is 0. The second-order valence-corrected chi connectivity index (χ2v) is 4.81. The van der Waals surface area contributed by atoms with E-state index in [-0.39, 0.29) is 12.1 Å². The Hall–Kier alpha value is -1.03. The van der Waals surface area contributed by atoms with E-state index < -0.39 is 5.60 Å². The van der Waals surface area contributed by atoms with Gasteiger partial charge in [-0.2, -0.15) is 0 Å². The van der Waals surface area contributed by atoms with Gasteiger partial charge in [0.25, 0.3) is 0 Å². The summed E-state index contributed by atoms with van der Waals surface area (Å²) >= 11 is 0. The van der Waals surface area contributed by atoms with Gasteiger partial charge in [0.2, 0.25) is 0 Å². The fraction of sp³-hybridized carbons (Fsp3) is 0.727. The second kappa shape index (κ2) is 4.66. The topological polar surface area (TPSA) is 55.6 Å². The molecule has 1 heterocycles. The lowest BCUT2D eigenvalue weighted by Crippen LogP contribution is -2.42. The summed E-state index contributed by atoms with van der Waals surface area (Å²) in [5.41, 5.74) is 5.35. The standard InChI is InChI=1S/C11H20N2O2/c1-11(2,3)15-10(14)13-7-5-4-6-9(12)8-13/h4,6,9H,5,7-8,12H2,1-3H3/t9-/m0/s1. The summed E-state index contributed by atoms with van der Waals surface area (Å²) in [6.45, 7) is 6.80. The molecule has 15 heavy (non-hydrogen) atoms. The molecule has 0 unspecified atom stereocenters. The van der Waals surface area contributed by atoms with Crippen molar-refractivity contribution >= 4 is 6.09 Å². The van der Waals surface area contributed by atoms with Crippen LogP contribution in [-0.4, -0.2) is 35.7 Å². The van der Waals surface area contributed by atoms with Crippen molar-refractivity contribution in [2.24, 2.45) is 5.73 Å². The highest BCUT2D eigenvalue weighted by atomic mass is 16.6. The molecule has 0 fully saturated rings. The number of carbonyl (C=O) groups excluding carboxylic acids is 1. The van der Waals surface area contributed by atoms with E-state index >= 15 is 0 Å². The van der Waals surface area contributed by atoms with Gasteiger partial charge in [-0.3, -0.25) is 0 Å². The average molecular weight is 212 g/mol. The van der Waals surface area contributed by atoms with Crippen LogP contribution < -0.4 is 5.73 Å². The lowest BCUT2D eigenvalue weighted by molar-refractivity contribution is 0.0253. The zero-order chi connectivity index (χ0) is 11.5. The van der Waals surface area contributed by atoms with E-state index in [1.165, 1.54) is 0 Å². The van der Waals surface area contributed by atoms with Crippen LogP contribution in [0.4, 0.5) is 4.79 Å². The maximum absolute atomic E-state index is 11.7. The summed E-state index contributed by atoms with van der Waals surface area (Å²) in [7, 11) is 0. The maximum Gasteiger partial charge on any atom is 0.410 e. The molecule has 0 aliphatic carbocycles. The molecule has 4 heteroatoms. The minimum absolute atomic E-state index is 0.0833. The first-order chi connectivity index (χ1) is 6.88. The Labute approximate surface area is 91.1 Å². The molecule has 0 saturated carbocycles. The Morgan fingerprint density at radius 3 is 2.80 bits per heavy atom. The number of amides is 1. The van der Waals surface area contributed by atoms with Crippen molar-refractivity contribution in [3.63, 3.8) is 0 Å². The van der Waals surface area contributed by atoms with Gasteiger partial charge in [0.1, 0.15) is 5.60 Å². The molecule has 1 aliphatic heterocycles. The minimum atomic E-state index is -0.444. The number of ether oxygens (including phenoxy) is 1. The molecule has 4 nitrogen and oxygen atoms in total. The Morgan fingerprint density at radius 2 is 2.20 bits per heavy atom. The van der Waals surface area contributed by atoms with Crippen LogP contribution in [0.1, 0.15) is 27.2 Å². The molecular formula is C11H20N2O2. The number of nitrogens with zero attached hydrogens (tertiary/aromatic N) is 1. The van der Waals surface area contributed by atoms with E-state index in [1.54, 1.807) is 4.90 Å². The first-order valence-corrected chi connectivity index (χ1v) is 5.28. The van der Waals surface area contributed by atoms with E-state index in [0.717, 1.165) is 6.42 Å². The van der Waals surface area contributed by atoms with E-state index in [0.29, 0.717) is 13.1 Å². The van der Waals surface area contributed by atoms with Crippen molar-refractivity contribution in [1.82, 2.24) is 4.90 Å². The monoisotopic (exact) mass is 212 g/mol. The predicted molar refractivity (Wildman–Crippen MR) is 59.5 cm³/mol. The molecule has 1 aliphatic rings. The van der Waals surface area contributed by atoms with Gasteiger partial charge in [-0.1, -0.05) is 12.2 Å². The van der Waals surface area contributed by atoms with Crippen LogP contribution >= 0.6 is 0 Å². The molecule has 1 atom stereocenters. The Bertz CT molecular complexity index is 256. The van der Waals surface area contributed by atoms with Gasteiger partial charge in [-0.25, -0.2) is 4.79 Å². The second-order valence-electron chi connectivity index (χ2n) is 4.81. The van der Waals surface area contributed by atoms with E-state index in [4.69, 9.17) is 10.5 Å². The van der Waals surface area contributed by atoms with Crippen LogP contribution in [0.25, 0.3) is 0 Å². The number of hydrogen-bond acceptors (Lipinski definition) is 3. The summed E-state index contributed by atoms with van der Waals surface area (Å²) in [6, 6.07) is -0.0833. The van der Waals surface area contributed by atoms with Gasteiger partial charge in [0.05, 0.1) is 0 Å². The zero-order valence-electron chi connectivity index (χ0n) is 9.69. The van der Waals surface area contributed by atoms with Crippen molar-refractivity contribution < 1.29 is 9.53 Å². The third-order valence-electron chi connectivity index (χ3n) is 2.03. The van der Waals surface area contributed by atoms with E-state index in [2.05, 4.69) is 0 Å². The summed E-state index contributed by atoms with van der Waals surface area (Å²) in [4.78, 5) is 13.4. The summed E-state index contributed by atoms with van der Waals surface area (Å²) in [5, 5.41) is 0. The number of rotatable bonds is 0. The molecule has 86 valence electrons. The van der Waals surface area contributed by atoms with Crippen molar-refractivity contribution in [3.8, 4) is 0 Å². The van der Waals surface area contributed by atoms with Gasteiger partial charge < -0.3 is 15.4 Å². The lowest BCUT2D eigenvalue weighted by Gasteiger charge is -2.27. The number of hydrogen-bond donors (Lipinski definition) is 1. The maximum atomic E-state index is 11.7. The third-order valence-corrected chi connectivity index (χ3v) is 2.03. The fourth-order valence-electron chi connectivity index (χ4n) is 1.40. The number of carbonyl (C=O) groups is 1. The van der Waals surface area contributed by atoms with E-state index in [9.17, 15) is 4.79 Å². The third kappa shape index (κ3) is 4.34. The van der Waals surface area contributed by atoms with Crippen molar-refractivity contribution in [2.75, 3.05) is 13.1 Å². The molecule has 0 aromatic rings. The normalized spacial score (nSPS) is 22.4. The predicted octanol–water partition coefficient (Wildman–Crippen LogP) is 1.51. The molecule has 2 N–H and O–H groups in total. The van der Waals surface area contributed by atoms with Crippen LogP contribution in [0.2, 0.25) is 0 Å². The highest BCUT2D eigenvalue weighted by Crippen LogP contribution is 2.11. The average Bonchev–Trinajstić information content (AvgIpc) is 2.26. The Morgan fingerprint density at radius 1 is 1.53 bits per heavy atom. The van der Waals surface area contributed by atoms with Gasteiger partial charge in [-0.15, -0.1) is 0 Å². The van der Waals surface area contributed by atoms with Crippen LogP contribution in [0.3, 0.4) is 0 Å². The molecule has 0 bridgehead atoms. The Balaban J connectivity index is 2.53. The molecular weight excluding hydrogens is 192 g/mol. The molecule has 0 saturated heterocycles.